The summed E-state index contributed by atoms with van der Waals surface area (Å²) in [5.41, 5.74) is 0.675. The number of nitrogens with zero attached hydrogens (tertiary/aromatic N) is 2. The molecule has 3 unspecified atom stereocenters. The molecule has 0 amide bonds. The van der Waals surface area contributed by atoms with Gasteiger partial charge in [-0.1, -0.05) is 0 Å². The Balaban J connectivity index is 1.70. The highest BCUT2D eigenvalue weighted by atomic mass is 16.5. The van der Waals surface area contributed by atoms with Gasteiger partial charge in [-0.3, -0.25) is 10.1 Å². The molecular weight excluding hydrogens is 228 g/mol. The van der Waals surface area contributed by atoms with Crippen molar-refractivity contribution >= 4 is 5.90 Å². The van der Waals surface area contributed by atoms with Crippen LogP contribution in [0.25, 0.3) is 0 Å². The molecule has 98 valence electrons. The lowest BCUT2D eigenvalue weighted by Crippen LogP contribution is -2.38. The molecule has 3 rings (SSSR count). The van der Waals surface area contributed by atoms with Crippen LogP contribution in [0.2, 0.25) is 0 Å². The first-order valence-corrected chi connectivity index (χ1v) is 6.58. The summed E-state index contributed by atoms with van der Waals surface area (Å²) in [7, 11) is 3.85. The van der Waals surface area contributed by atoms with Crippen molar-refractivity contribution in [3.05, 3.63) is 18.0 Å². The minimum Gasteiger partial charge on any atom is -0.470 e. The highest BCUT2D eigenvalue weighted by molar-refractivity contribution is 5.90. The van der Waals surface area contributed by atoms with Crippen molar-refractivity contribution in [2.24, 2.45) is 13.0 Å². The zero-order chi connectivity index (χ0) is 12.8. The molecule has 2 fully saturated rings. The Hall–Kier alpha value is -1.36. The van der Waals surface area contributed by atoms with Gasteiger partial charge >= 0.3 is 0 Å². The van der Waals surface area contributed by atoms with E-state index in [4.69, 9.17) is 10.1 Å². The summed E-state index contributed by atoms with van der Waals surface area (Å²) in [6, 6.07) is 2.36. The second-order valence-corrected chi connectivity index (χ2v) is 5.50. The van der Waals surface area contributed by atoms with Gasteiger partial charge in [0.05, 0.1) is 0 Å². The zero-order valence-corrected chi connectivity index (χ0v) is 10.9. The van der Waals surface area contributed by atoms with E-state index in [1.54, 1.807) is 10.9 Å². The average molecular weight is 248 g/mol. The molecule has 2 saturated carbocycles. The van der Waals surface area contributed by atoms with Crippen LogP contribution in [0.15, 0.2) is 12.3 Å². The van der Waals surface area contributed by atoms with Gasteiger partial charge in [0.15, 0.2) is 0 Å². The second-order valence-electron chi connectivity index (χ2n) is 5.50. The third-order valence-corrected chi connectivity index (χ3v) is 4.40. The average Bonchev–Trinajstić information content (AvgIpc) is 2.90. The minimum atomic E-state index is -0.0761. The van der Waals surface area contributed by atoms with Crippen LogP contribution in [-0.2, 0) is 11.8 Å². The maximum atomic E-state index is 8.09. The van der Waals surface area contributed by atoms with E-state index in [1.165, 1.54) is 12.8 Å². The van der Waals surface area contributed by atoms with Crippen molar-refractivity contribution in [1.82, 2.24) is 15.1 Å². The van der Waals surface area contributed by atoms with Crippen molar-refractivity contribution in [3.8, 4) is 0 Å². The van der Waals surface area contributed by atoms with Crippen LogP contribution in [0, 0.1) is 11.3 Å². The van der Waals surface area contributed by atoms with E-state index >= 15 is 0 Å². The summed E-state index contributed by atoms with van der Waals surface area (Å²) in [5.74, 6) is 0.907. The van der Waals surface area contributed by atoms with Gasteiger partial charge in [0.25, 0.3) is 0 Å². The molecule has 18 heavy (non-hydrogen) atoms. The summed E-state index contributed by atoms with van der Waals surface area (Å²) >= 11 is 0. The lowest BCUT2D eigenvalue weighted by molar-refractivity contribution is 0.0990. The van der Waals surface area contributed by atoms with E-state index in [0.29, 0.717) is 12.0 Å². The summed E-state index contributed by atoms with van der Waals surface area (Å²) in [6.45, 7) is 0. The smallest absolute Gasteiger partial charge is 0.232 e. The largest absolute Gasteiger partial charge is 0.470 e. The van der Waals surface area contributed by atoms with Crippen molar-refractivity contribution < 1.29 is 4.74 Å². The Kier molecular flexibility index (Phi) is 2.66. The van der Waals surface area contributed by atoms with Crippen LogP contribution in [-0.4, -0.2) is 34.4 Å². The summed E-state index contributed by atoms with van der Waals surface area (Å²) in [6.07, 6.45) is 6.27. The van der Waals surface area contributed by atoms with E-state index in [-0.39, 0.29) is 11.5 Å². The number of hydrogen-bond acceptors (Lipinski definition) is 4. The fourth-order valence-corrected chi connectivity index (χ4v) is 3.16. The van der Waals surface area contributed by atoms with Crippen LogP contribution in [0.5, 0.6) is 0 Å². The first kappa shape index (κ1) is 11.7. The number of hydrogen-bond donors (Lipinski definition) is 2. The van der Waals surface area contributed by atoms with Crippen LogP contribution in [0.3, 0.4) is 0 Å². The monoisotopic (exact) mass is 248 g/mol. The molecule has 0 bridgehead atoms. The van der Waals surface area contributed by atoms with Gasteiger partial charge in [-0.2, -0.15) is 5.10 Å². The summed E-state index contributed by atoms with van der Waals surface area (Å²) in [5, 5.41) is 15.5. The van der Waals surface area contributed by atoms with Crippen LogP contribution in [0.4, 0.5) is 0 Å². The topological polar surface area (TPSA) is 62.9 Å². The fourth-order valence-electron chi connectivity index (χ4n) is 3.16. The van der Waals surface area contributed by atoms with E-state index in [0.717, 1.165) is 18.5 Å². The number of ether oxygens (including phenoxy) is 1. The third kappa shape index (κ3) is 1.82. The van der Waals surface area contributed by atoms with Crippen molar-refractivity contribution in [1.29, 1.82) is 5.41 Å². The zero-order valence-electron chi connectivity index (χ0n) is 10.9. The van der Waals surface area contributed by atoms with Crippen molar-refractivity contribution in [2.45, 2.75) is 37.3 Å². The number of aromatic nitrogens is 2. The summed E-state index contributed by atoms with van der Waals surface area (Å²) in [4.78, 5) is 0. The molecule has 1 heterocycles. The van der Waals surface area contributed by atoms with Gasteiger partial charge in [-0.15, -0.1) is 0 Å². The Bertz CT molecular complexity index is 469. The first-order chi connectivity index (χ1) is 8.64. The predicted octanol–water partition coefficient (Wildman–Crippen LogP) is 1.29. The minimum absolute atomic E-state index is 0.0761. The third-order valence-electron chi connectivity index (χ3n) is 4.40. The van der Waals surface area contributed by atoms with Gasteiger partial charge in [0.1, 0.15) is 11.3 Å². The second kappa shape index (κ2) is 4.09. The molecule has 0 saturated heterocycles. The van der Waals surface area contributed by atoms with E-state index in [9.17, 15) is 0 Å². The van der Waals surface area contributed by atoms with Crippen LogP contribution < -0.4 is 5.32 Å². The quantitative estimate of drug-likeness (QED) is 0.626. The fraction of sp³-hybridized carbons (Fsp3) is 0.692. The van der Waals surface area contributed by atoms with E-state index < -0.39 is 0 Å². The van der Waals surface area contributed by atoms with Gasteiger partial charge in [0.2, 0.25) is 5.90 Å². The Labute approximate surface area is 107 Å². The SMILES string of the molecule is CNC1CCC2CC2(OC(=N)c2ccnn2C)C1. The molecule has 2 N–H and O–H groups in total. The number of nitrogens with one attached hydrogen (secondary N) is 2. The molecule has 0 radical (unpaired) electrons. The highest BCUT2D eigenvalue weighted by Crippen LogP contribution is 2.56. The summed E-state index contributed by atoms with van der Waals surface area (Å²) < 4.78 is 7.68. The number of aryl methyl sites for hydroxylation is 1. The molecule has 1 aromatic rings. The van der Waals surface area contributed by atoms with Crippen molar-refractivity contribution in [2.75, 3.05) is 7.05 Å². The van der Waals surface area contributed by atoms with Gasteiger partial charge in [-0.05, 0) is 32.4 Å². The molecule has 5 nitrogen and oxygen atoms in total. The molecule has 2 aliphatic rings. The van der Waals surface area contributed by atoms with Crippen LogP contribution >= 0.6 is 0 Å². The molecule has 1 aromatic heterocycles. The molecule has 3 atom stereocenters. The maximum absolute atomic E-state index is 8.09. The molecule has 2 aliphatic carbocycles. The maximum Gasteiger partial charge on any atom is 0.232 e. The number of rotatable bonds is 3. The predicted molar refractivity (Wildman–Crippen MR) is 68.7 cm³/mol. The first-order valence-electron chi connectivity index (χ1n) is 6.58. The Morgan fingerprint density at radius 1 is 1.56 bits per heavy atom. The van der Waals surface area contributed by atoms with E-state index in [2.05, 4.69) is 10.4 Å². The van der Waals surface area contributed by atoms with Gasteiger partial charge in [-0.25, -0.2) is 0 Å². The Morgan fingerprint density at radius 3 is 3.06 bits per heavy atom. The van der Waals surface area contributed by atoms with Gasteiger partial charge < -0.3 is 10.1 Å². The normalized spacial score (nSPS) is 33.9. The van der Waals surface area contributed by atoms with Crippen LogP contribution in [0.1, 0.15) is 31.4 Å². The molecule has 0 aromatic carbocycles. The Morgan fingerprint density at radius 2 is 2.39 bits per heavy atom. The molecular formula is C13H20N4O. The van der Waals surface area contributed by atoms with Crippen molar-refractivity contribution in [3.63, 3.8) is 0 Å². The molecule has 5 heteroatoms. The lowest BCUT2D eigenvalue weighted by atomic mass is 9.93. The molecule has 0 aliphatic heterocycles. The molecule has 0 spiro atoms. The highest BCUT2D eigenvalue weighted by Gasteiger charge is 2.60. The lowest BCUT2D eigenvalue weighted by Gasteiger charge is -2.29. The number of fused-ring (bicyclic) bond motifs is 1. The van der Waals surface area contributed by atoms with E-state index in [1.807, 2.05) is 20.2 Å². The standard InChI is InChI=1S/C13H20N4O/c1-15-10-4-3-9-7-13(9,8-10)18-12(14)11-5-6-16-17(11)2/h5-6,9-10,14-15H,3-4,7-8H2,1-2H3. The van der Waals surface area contributed by atoms with Gasteiger partial charge in [0, 0.05) is 31.6 Å².